The van der Waals surface area contributed by atoms with Crippen LogP contribution in [0.2, 0.25) is 0 Å². The molecular formula is C34H55N3O3. The number of aryl methyl sites for hydroxylation is 2. The fourth-order valence-corrected chi connectivity index (χ4v) is 3.51. The van der Waals surface area contributed by atoms with Crippen molar-refractivity contribution in [3.05, 3.63) is 81.0 Å². The number of fused-ring (bicyclic) bond motifs is 1. The normalized spacial score (nSPS) is 11.8. The molecule has 0 saturated carbocycles. The Bertz CT molecular complexity index is 1210. The van der Waals surface area contributed by atoms with Gasteiger partial charge in [0.1, 0.15) is 5.82 Å². The lowest BCUT2D eigenvalue weighted by molar-refractivity contribution is -0.104. The van der Waals surface area contributed by atoms with Gasteiger partial charge < -0.3 is 10.5 Å². The Labute approximate surface area is 243 Å². The zero-order valence-corrected chi connectivity index (χ0v) is 27.4. The van der Waals surface area contributed by atoms with Gasteiger partial charge in [0.15, 0.2) is 6.29 Å². The molecular weight excluding hydrogens is 498 g/mol. The highest BCUT2D eigenvalue weighted by Crippen LogP contribution is 2.24. The largest absolute Gasteiger partial charge is 0.400 e. The predicted molar refractivity (Wildman–Crippen MR) is 177 cm³/mol. The van der Waals surface area contributed by atoms with E-state index in [1.807, 2.05) is 87.6 Å². The summed E-state index contributed by atoms with van der Waals surface area (Å²) in [5.74, 6) is 0.801. The fourth-order valence-electron chi connectivity index (χ4n) is 3.51. The average Bonchev–Trinajstić information content (AvgIpc) is 3.02. The van der Waals surface area contributed by atoms with Crippen molar-refractivity contribution in [3.63, 3.8) is 0 Å². The Morgan fingerprint density at radius 2 is 1.68 bits per heavy atom. The number of carbonyl (C=O) groups is 1. The summed E-state index contributed by atoms with van der Waals surface area (Å²) in [6, 6.07) is 4.08. The first-order valence-electron chi connectivity index (χ1n) is 14.4. The molecule has 1 aromatic heterocycles. The third-order valence-corrected chi connectivity index (χ3v) is 5.48. The number of hydrogen-bond acceptors (Lipinski definition) is 5. The Hall–Kier alpha value is -3.38. The van der Waals surface area contributed by atoms with E-state index in [-0.39, 0.29) is 5.56 Å². The lowest BCUT2D eigenvalue weighted by atomic mass is 10.0. The van der Waals surface area contributed by atoms with Gasteiger partial charge in [-0.1, -0.05) is 84.4 Å². The van der Waals surface area contributed by atoms with E-state index < -0.39 is 0 Å². The third-order valence-electron chi connectivity index (χ3n) is 5.48. The molecule has 224 valence electrons. The van der Waals surface area contributed by atoms with Crippen molar-refractivity contribution in [2.45, 2.75) is 95.4 Å². The van der Waals surface area contributed by atoms with Gasteiger partial charge in [-0.25, -0.2) is 4.98 Å². The molecule has 1 aliphatic rings. The zero-order valence-electron chi connectivity index (χ0n) is 27.4. The summed E-state index contributed by atoms with van der Waals surface area (Å²) in [5.41, 5.74) is 6.06. The molecule has 40 heavy (non-hydrogen) atoms. The molecule has 0 bridgehead atoms. The number of rotatable bonds is 5. The van der Waals surface area contributed by atoms with E-state index in [1.165, 1.54) is 0 Å². The standard InChI is InChI=1S/C18H20N2O.C9H13NO.3C2H6.CH4O/c1-4-13-10-12(2)11-15-16(13)19-17(20(3)18(15)21)14-8-6-5-7-9-14;1-4-7(2)5-9(6-11)8(3)10;4*1-2/h5-6,8,10-11H,4,7,9H2,1-3H3;4-6,10H,1-3H3;3*1-2H3;2H,1H3/b;7-4-,9-5-,10-8?;;;;. The van der Waals surface area contributed by atoms with E-state index in [0.717, 1.165) is 65.4 Å². The van der Waals surface area contributed by atoms with E-state index in [9.17, 15) is 9.59 Å². The van der Waals surface area contributed by atoms with Crippen molar-refractivity contribution < 1.29 is 9.90 Å². The molecule has 0 fully saturated rings. The van der Waals surface area contributed by atoms with Crippen LogP contribution in [0.5, 0.6) is 0 Å². The summed E-state index contributed by atoms with van der Waals surface area (Å²) in [6.45, 7) is 21.5. The topological polar surface area (TPSA) is 96.0 Å². The first-order valence-corrected chi connectivity index (χ1v) is 14.4. The molecule has 0 aliphatic heterocycles. The quantitative estimate of drug-likeness (QED) is 0.168. The smallest absolute Gasteiger partial charge is 0.261 e. The molecule has 2 aromatic rings. The van der Waals surface area contributed by atoms with Crippen molar-refractivity contribution in [1.29, 1.82) is 5.41 Å². The number of allylic oxidation sites excluding steroid dienone is 8. The molecule has 6 nitrogen and oxygen atoms in total. The highest BCUT2D eigenvalue weighted by Gasteiger charge is 2.15. The van der Waals surface area contributed by atoms with E-state index in [2.05, 4.69) is 25.1 Å². The summed E-state index contributed by atoms with van der Waals surface area (Å²) in [6.07, 6.45) is 13.4. The van der Waals surface area contributed by atoms with Gasteiger partial charge >= 0.3 is 0 Å². The van der Waals surface area contributed by atoms with Gasteiger partial charge in [-0.3, -0.25) is 14.2 Å². The van der Waals surface area contributed by atoms with Crippen molar-refractivity contribution in [3.8, 4) is 0 Å². The SMILES string of the molecule is C/C=C(C)\C=C(\C=O)C(C)=N.CC.CC.CC.CCc1cc(C)cc2c(=O)n(C)c(C3=CC=CCC3)nc12.CO. The number of aromatic nitrogens is 2. The van der Waals surface area contributed by atoms with Crippen LogP contribution in [-0.2, 0) is 18.3 Å². The minimum Gasteiger partial charge on any atom is -0.400 e. The maximum absolute atomic E-state index is 12.7. The van der Waals surface area contributed by atoms with Crippen LogP contribution in [0.1, 0.15) is 99.0 Å². The van der Waals surface area contributed by atoms with E-state index >= 15 is 0 Å². The highest BCUT2D eigenvalue weighted by molar-refractivity contribution is 6.12. The Morgan fingerprint density at radius 1 is 1.10 bits per heavy atom. The highest BCUT2D eigenvalue weighted by atomic mass is 16.2. The third kappa shape index (κ3) is 13.1. The van der Waals surface area contributed by atoms with Crippen LogP contribution in [-0.4, -0.2) is 33.8 Å². The van der Waals surface area contributed by atoms with Crippen LogP contribution in [0.4, 0.5) is 0 Å². The van der Waals surface area contributed by atoms with Crippen molar-refractivity contribution >= 4 is 28.5 Å². The maximum Gasteiger partial charge on any atom is 0.261 e. The minimum absolute atomic E-state index is 0.0452. The van der Waals surface area contributed by atoms with Crippen LogP contribution >= 0.6 is 0 Å². The summed E-state index contributed by atoms with van der Waals surface area (Å²) >= 11 is 0. The van der Waals surface area contributed by atoms with Gasteiger partial charge in [-0.2, -0.15) is 0 Å². The Kier molecular flexibility index (Phi) is 25.3. The molecule has 0 amide bonds. The summed E-state index contributed by atoms with van der Waals surface area (Å²) in [5, 5.41) is 14.9. The predicted octanol–water partition coefficient (Wildman–Crippen LogP) is 8.34. The van der Waals surface area contributed by atoms with E-state index in [1.54, 1.807) is 17.6 Å². The second-order valence-corrected chi connectivity index (χ2v) is 8.01. The molecule has 1 heterocycles. The molecule has 2 N–H and O–H groups in total. The molecule has 0 unspecified atom stereocenters. The molecule has 0 atom stereocenters. The number of carbonyl (C=O) groups excluding carboxylic acids is 1. The Morgan fingerprint density at radius 3 is 2.10 bits per heavy atom. The zero-order chi connectivity index (χ0) is 31.8. The lowest BCUT2D eigenvalue weighted by Crippen LogP contribution is -2.23. The van der Waals surface area contributed by atoms with Crippen LogP contribution in [0, 0.1) is 12.3 Å². The van der Waals surface area contributed by atoms with Gasteiger partial charge in [0, 0.05) is 25.4 Å². The lowest BCUT2D eigenvalue weighted by Gasteiger charge is -2.15. The Balaban J connectivity index is -0.000000614. The number of hydrogen-bond donors (Lipinski definition) is 2. The summed E-state index contributed by atoms with van der Waals surface area (Å²) in [4.78, 5) is 27.9. The fraction of sp³-hybridized carbons (Fsp3) is 0.471. The van der Waals surface area contributed by atoms with Crippen LogP contribution in [0.25, 0.3) is 16.5 Å². The van der Waals surface area contributed by atoms with Crippen LogP contribution < -0.4 is 5.56 Å². The van der Waals surface area contributed by atoms with Gasteiger partial charge in [0.05, 0.1) is 10.9 Å². The van der Waals surface area contributed by atoms with E-state index in [0.29, 0.717) is 17.6 Å². The molecule has 1 aromatic carbocycles. The van der Waals surface area contributed by atoms with Crippen LogP contribution in [0.3, 0.4) is 0 Å². The molecule has 0 saturated heterocycles. The van der Waals surface area contributed by atoms with Gasteiger partial charge in [-0.05, 0) is 75.8 Å². The number of nitrogens with zero attached hydrogens (tertiary/aromatic N) is 2. The number of aliphatic hydroxyl groups excluding tert-OH is 1. The van der Waals surface area contributed by atoms with Crippen molar-refractivity contribution in [2.24, 2.45) is 7.05 Å². The molecule has 3 rings (SSSR count). The average molecular weight is 554 g/mol. The molecule has 1 aliphatic carbocycles. The summed E-state index contributed by atoms with van der Waals surface area (Å²) in [7, 11) is 2.82. The van der Waals surface area contributed by atoms with E-state index in [4.69, 9.17) is 15.5 Å². The number of nitrogens with one attached hydrogen (secondary N) is 1. The van der Waals surface area contributed by atoms with Gasteiger partial charge in [0.2, 0.25) is 0 Å². The number of benzene rings is 1. The summed E-state index contributed by atoms with van der Waals surface area (Å²) < 4.78 is 1.69. The first-order chi connectivity index (χ1) is 19.2. The van der Waals surface area contributed by atoms with Crippen molar-refractivity contribution in [2.75, 3.05) is 7.11 Å². The molecule has 6 heteroatoms. The minimum atomic E-state index is 0.0452. The maximum atomic E-state index is 12.7. The monoisotopic (exact) mass is 553 g/mol. The second-order valence-electron chi connectivity index (χ2n) is 8.01. The first kappa shape index (κ1) is 41.1. The van der Waals surface area contributed by atoms with Crippen molar-refractivity contribution in [1.82, 2.24) is 9.55 Å². The van der Waals surface area contributed by atoms with Gasteiger partial charge in [0.25, 0.3) is 5.56 Å². The number of aldehydes is 1. The second kappa shape index (κ2) is 24.6. The van der Waals surface area contributed by atoms with Crippen LogP contribution in [0.15, 0.2) is 58.5 Å². The molecule has 0 spiro atoms. The van der Waals surface area contributed by atoms with Gasteiger partial charge in [-0.15, -0.1) is 0 Å². The number of aliphatic hydroxyl groups is 1. The molecule has 0 radical (unpaired) electrons.